The predicted molar refractivity (Wildman–Crippen MR) is 118 cm³/mol. The molecule has 1 aromatic carbocycles. The number of nitrogens with zero attached hydrogens (tertiary/aromatic N) is 2. The van der Waals surface area contributed by atoms with E-state index in [2.05, 4.69) is 5.32 Å². The van der Waals surface area contributed by atoms with E-state index in [0.717, 1.165) is 48.0 Å². The zero-order valence-corrected chi connectivity index (χ0v) is 17.8. The van der Waals surface area contributed by atoms with Crippen molar-refractivity contribution in [1.29, 1.82) is 0 Å². The van der Waals surface area contributed by atoms with Gasteiger partial charge in [-0.25, -0.2) is 4.98 Å². The highest BCUT2D eigenvalue weighted by Crippen LogP contribution is 2.34. The van der Waals surface area contributed by atoms with Crippen molar-refractivity contribution in [3.63, 3.8) is 0 Å². The van der Waals surface area contributed by atoms with Crippen LogP contribution < -0.4 is 10.9 Å². The minimum atomic E-state index is -0.00861. The molecule has 2 heterocycles. The van der Waals surface area contributed by atoms with Crippen LogP contribution in [0.2, 0.25) is 0 Å². The van der Waals surface area contributed by atoms with Gasteiger partial charge >= 0.3 is 0 Å². The van der Waals surface area contributed by atoms with Gasteiger partial charge in [-0.2, -0.15) is 0 Å². The lowest BCUT2D eigenvalue weighted by molar-refractivity contribution is -0.118. The first-order valence-electron chi connectivity index (χ1n) is 10.3. The Morgan fingerprint density at radius 1 is 1.17 bits per heavy atom. The second-order valence-corrected chi connectivity index (χ2v) is 9.77. The van der Waals surface area contributed by atoms with Crippen molar-refractivity contribution in [2.75, 3.05) is 5.75 Å². The van der Waals surface area contributed by atoms with E-state index >= 15 is 0 Å². The molecule has 0 spiro atoms. The molecule has 0 atom stereocenters. The number of aromatic nitrogens is 2. The first-order valence-corrected chi connectivity index (χ1v) is 12.1. The molecule has 3 aromatic rings. The number of amides is 1. The van der Waals surface area contributed by atoms with Gasteiger partial charge in [0, 0.05) is 10.9 Å². The van der Waals surface area contributed by atoms with E-state index in [1.165, 1.54) is 35.0 Å². The van der Waals surface area contributed by atoms with Crippen LogP contribution in [0, 0.1) is 0 Å². The minimum Gasteiger partial charge on any atom is -0.353 e. The van der Waals surface area contributed by atoms with Crippen LogP contribution in [0.1, 0.15) is 42.5 Å². The third-order valence-electron chi connectivity index (χ3n) is 5.50. The van der Waals surface area contributed by atoms with Crippen molar-refractivity contribution in [1.82, 2.24) is 14.9 Å². The maximum Gasteiger partial charge on any atom is 0.267 e. The number of benzene rings is 1. The summed E-state index contributed by atoms with van der Waals surface area (Å²) in [6.07, 6.45) is 7.64. The Morgan fingerprint density at radius 2 is 1.97 bits per heavy atom. The SMILES string of the molecule is O=C(CSc1nc2sc3c(c2c(=O)n1-c1ccccc1)CCCCC3)NC1CC1. The van der Waals surface area contributed by atoms with Crippen LogP contribution >= 0.6 is 23.1 Å². The van der Waals surface area contributed by atoms with Crippen LogP contribution in [0.5, 0.6) is 0 Å². The molecule has 0 aliphatic heterocycles. The third kappa shape index (κ3) is 3.85. The molecule has 0 saturated heterocycles. The van der Waals surface area contributed by atoms with Crippen molar-refractivity contribution < 1.29 is 4.79 Å². The summed E-state index contributed by atoms with van der Waals surface area (Å²) in [5, 5.41) is 4.38. The number of carbonyl (C=O) groups excluding carboxylic acids is 1. The maximum absolute atomic E-state index is 13.6. The van der Waals surface area contributed by atoms with Gasteiger partial charge < -0.3 is 5.32 Å². The number of hydrogen-bond acceptors (Lipinski definition) is 5. The summed E-state index contributed by atoms with van der Waals surface area (Å²) in [7, 11) is 0. The monoisotopic (exact) mass is 425 g/mol. The maximum atomic E-state index is 13.6. The number of fused-ring (bicyclic) bond motifs is 3. The number of nitrogens with one attached hydrogen (secondary N) is 1. The molecular weight excluding hydrogens is 402 g/mol. The van der Waals surface area contributed by atoms with Gasteiger partial charge in [-0.3, -0.25) is 14.2 Å². The normalized spacial score (nSPS) is 16.4. The molecule has 5 rings (SSSR count). The highest BCUT2D eigenvalue weighted by Gasteiger charge is 2.25. The van der Waals surface area contributed by atoms with Gasteiger partial charge in [0.15, 0.2) is 5.16 Å². The zero-order valence-electron chi connectivity index (χ0n) is 16.1. The Balaban J connectivity index is 1.60. The van der Waals surface area contributed by atoms with Gasteiger partial charge in [-0.1, -0.05) is 36.4 Å². The van der Waals surface area contributed by atoms with E-state index in [-0.39, 0.29) is 17.2 Å². The summed E-state index contributed by atoms with van der Waals surface area (Å²) in [4.78, 5) is 32.9. The Bertz CT molecular complexity index is 1120. The van der Waals surface area contributed by atoms with Crippen LogP contribution in [0.25, 0.3) is 15.9 Å². The van der Waals surface area contributed by atoms with E-state index in [1.54, 1.807) is 15.9 Å². The lowest BCUT2D eigenvalue weighted by atomic mass is 10.1. The molecule has 2 aromatic heterocycles. The lowest BCUT2D eigenvalue weighted by Gasteiger charge is -2.12. The molecule has 1 fully saturated rings. The Morgan fingerprint density at radius 3 is 2.76 bits per heavy atom. The van der Waals surface area contributed by atoms with Gasteiger partial charge in [0.1, 0.15) is 4.83 Å². The molecule has 0 radical (unpaired) electrons. The van der Waals surface area contributed by atoms with Gasteiger partial charge in [-0.05, 0) is 56.2 Å². The Kier molecular flexibility index (Phi) is 5.18. The molecular formula is C22H23N3O2S2. The molecule has 1 amide bonds. The quantitative estimate of drug-likeness (QED) is 0.380. The van der Waals surface area contributed by atoms with Crippen LogP contribution in [0.3, 0.4) is 0 Å². The fraction of sp³-hybridized carbons (Fsp3) is 0.409. The largest absolute Gasteiger partial charge is 0.353 e. The van der Waals surface area contributed by atoms with Gasteiger partial charge in [0.05, 0.1) is 16.8 Å². The number of para-hydroxylation sites is 1. The van der Waals surface area contributed by atoms with E-state index in [0.29, 0.717) is 11.2 Å². The van der Waals surface area contributed by atoms with E-state index in [1.807, 2.05) is 30.3 Å². The first kappa shape index (κ1) is 18.9. The fourth-order valence-corrected chi connectivity index (χ4v) is 6.02. The first-order chi connectivity index (χ1) is 14.2. The number of thiophene rings is 1. The highest BCUT2D eigenvalue weighted by atomic mass is 32.2. The van der Waals surface area contributed by atoms with Crippen molar-refractivity contribution in [2.24, 2.45) is 0 Å². The van der Waals surface area contributed by atoms with Crippen molar-refractivity contribution >= 4 is 39.2 Å². The lowest BCUT2D eigenvalue weighted by Crippen LogP contribution is -2.28. The van der Waals surface area contributed by atoms with Gasteiger partial charge in [-0.15, -0.1) is 11.3 Å². The third-order valence-corrected chi connectivity index (χ3v) is 7.62. The van der Waals surface area contributed by atoms with Crippen LogP contribution in [0.15, 0.2) is 40.3 Å². The molecule has 5 nitrogen and oxygen atoms in total. The standard InChI is InChI=1S/C22H23N3O2S2/c26-18(23-14-11-12-14)13-28-22-24-20-19(16-9-5-2-6-10-17(16)29-20)21(27)25(22)15-7-3-1-4-8-15/h1,3-4,7-8,14H,2,5-6,9-13H2,(H,23,26). The number of rotatable bonds is 5. The number of hydrogen-bond donors (Lipinski definition) is 1. The van der Waals surface area contributed by atoms with Crippen LogP contribution in [-0.2, 0) is 17.6 Å². The summed E-state index contributed by atoms with van der Waals surface area (Å²) in [5.41, 5.74) is 1.99. The van der Waals surface area contributed by atoms with Gasteiger partial charge in [0.25, 0.3) is 5.56 Å². The van der Waals surface area contributed by atoms with E-state index in [4.69, 9.17) is 4.98 Å². The summed E-state index contributed by atoms with van der Waals surface area (Å²) in [6, 6.07) is 9.97. The number of thioether (sulfide) groups is 1. The predicted octanol–water partition coefficient (Wildman–Crippen LogP) is 4.09. The molecule has 1 saturated carbocycles. The summed E-state index contributed by atoms with van der Waals surface area (Å²) >= 11 is 3.01. The summed E-state index contributed by atoms with van der Waals surface area (Å²) in [6.45, 7) is 0. The topological polar surface area (TPSA) is 64.0 Å². The molecule has 150 valence electrons. The average Bonchev–Trinajstić information content (AvgIpc) is 3.51. The Labute approximate surface area is 177 Å². The molecule has 2 aliphatic carbocycles. The minimum absolute atomic E-state index is 0.00780. The van der Waals surface area contributed by atoms with Crippen molar-refractivity contribution in [3.8, 4) is 5.69 Å². The van der Waals surface area contributed by atoms with Crippen molar-refractivity contribution in [3.05, 3.63) is 51.1 Å². The van der Waals surface area contributed by atoms with Crippen LogP contribution in [-0.4, -0.2) is 27.3 Å². The second kappa shape index (κ2) is 7.95. The van der Waals surface area contributed by atoms with Crippen molar-refractivity contribution in [2.45, 2.75) is 56.1 Å². The van der Waals surface area contributed by atoms with E-state index in [9.17, 15) is 9.59 Å². The average molecular weight is 426 g/mol. The second-order valence-electron chi connectivity index (χ2n) is 7.75. The van der Waals surface area contributed by atoms with Gasteiger partial charge in [0.2, 0.25) is 5.91 Å². The summed E-state index contributed by atoms with van der Waals surface area (Å²) in [5.74, 6) is 0.278. The molecule has 2 aliphatic rings. The Hall–Kier alpha value is -2.12. The molecule has 1 N–H and O–H groups in total. The highest BCUT2D eigenvalue weighted by molar-refractivity contribution is 7.99. The summed E-state index contributed by atoms with van der Waals surface area (Å²) < 4.78 is 1.69. The molecule has 29 heavy (non-hydrogen) atoms. The smallest absolute Gasteiger partial charge is 0.267 e. The molecule has 0 unspecified atom stereocenters. The van der Waals surface area contributed by atoms with E-state index < -0.39 is 0 Å². The van der Waals surface area contributed by atoms with Crippen LogP contribution in [0.4, 0.5) is 0 Å². The fourth-order valence-electron chi connectivity index (χ4n) is 3.89. The molecule has 0 bridgehead atoms. The number of carbonyl (C=O) groups is 1. The zero-order chi connectivity index (χ0) is 19.8. The number of aryl methyl sites for hydroxylation is 2. The molecule has 7 heteroatoms.